The fraction of sp³-hybridized carbons (Fsp3) is 0.435. The second kappa shape index (κ2) is 7.63. The van der Waals surface area contributed by atoms with Gasteiger partial charge in [-0.2, -0.15) is 0 Å². The van der Waals surface area contributed by atoms with Crippen LogP contribution in [0.5, 0.6) is 28.7 Å². The zero-order valence-electron chi connectivity index (χ0n) is 17.5. The number of aromatic hydroxyl groups is 2. The molecule has 1 fully saturated rings. The maximum absolute atomic E-state index is 12.7. The first-order chi connectivity index (χ1) is 14.3. The van der Waals surface area contributed by atoms with Gasteiger partial charge in [-0.1, -0.05) is 0 Å². The highest BCUT2D eigenvalue weighted by atomic mass is 16.5. The Hall–Kier alpha value is -3.09. The number of carbonyl (C=O) groups excluding carboxylic acids is 1. The monoisotopic (exact) mass is 414 g/mol. The number of ether oxygens (including phenoxy) is 4. The van der Waals surface area contributed by atoms with Gasteiger partial charge < -0.3 is 29.2 Å². The van der Waals surface area contributed by atoms with Crippen LogP contribution in [0.2, 0.25) is 0 Å². The minimum Gasteiger partial charge on any atom is -0.504 e. The molecule has 2 N–H and O–H groups in total. The largest absolute Gasteiger partial charge is 0.504 e. The molecule has 0 amide bonds. The van der Waals surface area contributed by atoms with Crippen molar-refractivity contribution in [2.75, 3.05) is 20.8 Å². The molecule has 0 unspecified atom stereocenters. The molecule has 2 aromatic carbocycles. The van der Waals surface area contributed by atoms with Crippen LogP contribution in [-0.2, 0) is 16.0 Å². The van der Waals surface area contributed by atoms with E-state index in [4.69, 9.17) is 18.9 Å². The summed E-state index contributed by atoms with van der Waals surface area (Å²) < 4.78 is 21.8. The van der Waals surface area contributed by atoms with E-state index in [1.807, 2.05) is 19.9 Å². The third-order valence-electron chi connectivity index (χ3n) is 5.84. The Bertz CT molecular complexity index is 957. The molecule has 0 saturated carbocycles. The van der Waals surface area contributed by atoms with Crippen LogP contribution < -0.4 is 14.2 Å². The maximum atomic E-state index is 12.7. The maximum Gasteiger partial charge on any atom is 0.310 e. The molecule has 1 aliphatic heterocycles. The zero-order valence-corrected chi connectivity index (χ0v) is 17.5. The van der Waals surface area contributed by atoms with E-state index in [0.717, 1.165) is 16.7 Å². The summed E-state index contributed by atoms with van der Waals surface area (Å²) in [7, 11) is 2.93. The molecule has 3 atom stereocenters. The van der Waals surface area contributed by atoms with Crippen molar-refractivity contribution in [2.45, 2.75) is 32.3 Å². The smallest absolute Gasteiger partial charge is 0.310 e. The molecule has 4 rings (SSSR count). The first-order valence-corrected chi connectivity index (χ1v) is 9.98. The van der Waals surface area contributed by atoms with Crippen molar-refractivity contribution in [3.63, 3.8) is 0 Å². The lowest BCUT2D eigenvalue weighted by molar-refractivity contribution is -0.141. The molecule has 1 heterocycles. The minimum absolute atomic E-state index is 0.00272. The third kappa shape index (κ3) is 3.28. The van der Waals surface area contributed by atoms with Crippen molar-refractivity contribution in [2.24, 2.45) is 11.8 Å². The molecule has 7 nitrogen and oxygen atoms in total. The van der Waals surface area contributed by atoms with Crippen molar-refractivity contribution in [3.8, 4) is 28.7 Å². The number of hydrogen-bond donors (Lipinski definition) is 2. The molecule has 0 aromatic heterocycles. The van der Waals surface area contributed by atoms with Crippen molar-refractivity contribution < 1.29 is 34.0 Å². The predicted octanol–water partition coefficient (Wildman–Crippen LogP) is 3.38. The molecule has 1 saturated heterocycles. The van der Waals surface area contributed by atoms with E-state index in [9.17, 15) is 15.0 Å². The van der Waals surface area contributed by atoms with Crippen molar-refractivity contribution in [1.29, 1.82) is 0 Å². The van der Waals surface area contributed by atoms with E-state index in [1.54, 1.807) is 18.2 Å². The van der Waals surface area contributed by atoms with E-state index in [2.05, 4.69) is 0 Å². The van der Waals surface area contributed by atoms with Crippen molar-refractivity contribution >= 4 is 5.97 Å². The van der Waals surface area contributed by atoms with Crippen LogP contribution in [0.4, 0.5) is 0 Å². The lowest BCUT2D eigenvalue weighted by Crippen LogP contribution is -2.31. The quantitative estimate of drug-likeness (QED) is 0.725. The average molecular weight is 414 g/mol. The molecular weight excluding hydrogens is 388 g/mol. The minimum atomic E-state index is -0.382. The summed E-state index contributed by atoms with van der Waals surface area (Å²) in [6.07, 6.45) is 0.512. The van der Waals surface area contributed by atoms with Crippen LogP contribution in [0.3, 0.4) is 0 Å². The normalized spacial score (nSPS) is 22.3. The Balaban J connectivity index is 1.92. The summed E-state index contributed by atoms with van der Waals surface area (Å²) >= 11 is 0. The number of hydrogen-bond acceptors (Lipinski definition) is 7. The van der Waals surface area contributed by atoms with E-state index in [0.29, 0.717) is 18.8 Å². The predicted molar refractivity (Wildman–Crippen MR) is 109 cm³/mol. The van der Waals surface area contributed by atoms with Crippen LogP contribution in [0.1, 0.15) is 36.5 Å². The van der Waals surface area contributed by atoms with Crippen LogP contribution in [0.15, 0.2) is 24.3 Å². The van der Waals surface area contributed by atoms with Crippen molar-refractivity contribution in [3.05, 3.63) is 41.0 Å². The topological polar surface area (TPSA) is 94.5 Å². The molecule has 1 aliphatic carbocycles. The number of phenols is 2. The third-order valence-corrected chi connectivity index (χ3v) is 5.84. The standard InChI is InChI=1S/C23H26O7/c1-11(2)30-17-9-15-12(6-16(17)24)5-14-10-29-23(26)21(14)20(15)13-7-18(27-3)22(25)19(8-13)28-4/h6-9,11,14,20-21,24-25H,5,10H2,1-4H3/t14-,20-,21-/m0/s1. The Morgan fingerprint density at radius 3 is 2.30 bits per heavy atom. The van der Waals surface area contributed by atoms with Crippen LogP contribution >= 0.6 is 0 Å². The van der Waals surface area contributed by atoms with Gasteiger partial charge in [0, 0.05) is 11.8 Å². The van der Waals surface area contributed by atoms with Gasteiger partial charge in [0.15, 0.2) is 23.0 Å². The van der Waals surface area contributed by atoms with Gasteiger partial charge in [0.2, 0.25) is 5.75 Å². The summed E-state index contributed by atoms with van der Waals surface area (Å²) in [5.41, 5.74) is 2.59. The van der Waals surface area contributed by atoms with Gasteiger partial charge >= 0.3 is 5.97 Å². The SMILES string of the molecule is COc1cc([C@H]2c3cc(OC(C)C)c(O)cc3C[C@H]3COC(=O)[C@@H]32)cc(OC)c1O. The van der Waals surface area contributed by atoms with Crippen LogP contribution in [-0.4, -0.2) is 43.1 Å². The fourth-order valence-corrected chi connectivity index (χ4v) is 4.57. The summed E-state index contributed by atoms with van der Waals surface area (Å²) in [4.78, 5) is 12.7. The van der Waals surface area contributed by atoms with E-state index >= 15 is 0 Å². The average Bonchev–Trinajstić information content (AvgIpc) is 3.07. The number of cyclic esters (lactones) is 1. The van der Waals surface area contributed by atoms with Gasteiger partial charge in [-0.05, 0) is 61.2 Å². The summed E-state index contributed by atoms with van der Waals surface area (Å²) in [6.45, 7) is 4.11. The van der Waals surface area contributed by atoms with E-state index in [1.165, 1.54) is 14.2 Å². The number of carbonyl (C=O) groups is 1. The second-order valence-corrected chi connectivity index (χ2v) is 8.06. The molecule has 0 spiro atoms. The molecule has 160 valence electrons. The molecule has 30 heavy (non-hydrogen) atoms. The van der Waals surface area contributed by atoms with Gasteiger partial charge in [0.25, 0.3) is 0 Å². The Morgan fingerprint density at radius 1 is 1.03 bits per heavy atom. The Labute approximate surface area is 175 Å². The molecule has 0 radical (unpaired) electrons. The molecule has 2 aromatic rings. The lowest BCUT2D eigenvalue weighted by Gasteiger charge is -2.34. The van der Waals surface area contributed by atoms with Gasteiger partial charge in [-0.15, -0.1) is 0 Å². The molecule has 0 bridgehead atoms. The van der Waals surface area contributed by atoms with Crippen molar-refractivity contribution in [1.82, 2.24) is 0 Å². The number of rotatable bonds is 5. The fourth-order valence-electron chi connectivity index (χ4n) is 4.57. The van der Waals surface area contributed by atoms with E-state index in [-0.39, 0.29) is 52.8 Å². The second-order valence-electron chi connectivity index (χ2n) is 8.06. The highest BCUT2D eigenvalue weighted by Crippen LogP contribution is 2.51. The van der Waals surface area contributed by atoms with Gasteiger partial charge in [0.05, 0.1) is 32.8 Å². The summed E-state index contributed by atoms with van der Waals surface area (Å²) in [6, 6.07) is 6.96. The first kappa shape index (κ1) is 20.2. The van der Waals surface area contributed by atoms with Gasteiger partial charge in [-0.25, -0.2) is 0 Å². The number of esters is 1. The van der Waals surface area contributed by atoms with Crippen LogP contribution in [0, 0.1) is 11.8 Å². The number of phenolic OH excluding ortho intramolecular Hbond substituents is 2. The number of methoxy groups -OCH3 is 2. The molecular formula is C23H26O7. The molecule has 7 heteroatoms. The number of fused-ring (bicyclic) bond motifs is 2. The highest BCUT2D eigenvalue weighted by Gasteiger charge is 2.48. The summed E-state index contributed by atoms with van der Waals surface area (Å²) in [5.74, 6) is -0.117. The lowest BCUT2D eigenvalue weighted by atomic mass is 9.67. The Kier molecular flexibility index (Phi) is 5.13. The van der Waals surface area contributed by atoms with Gasteiger partial charge in [0.1, 0.15) is 0 Å². The van der Waals surface area contributed by atoms with E-state index < -0.39 is 0 Å². The number of benzene rings is 2. The Morgan fingerprint density at radius 2 is 1.70 bits per heavy atom. The highest BCUT2D eigenvalue weighted by molar-refractivity contribution is 5.78. The van der Waals surface area contributed by atoms with Crippen LogP contribution in [0.25, 0.3) is 0 Å². The first-order valence-electron chi connectivity index (χ1n) is 9.98. The van der Waals surface area contributed by atoms with Gasteiger partial charge in [-0.3, -0.25) is 4.79 Å². The summed E-state index contributed by atoms with van der Waals surface area (Å²) in [5, 5.41) is 20.8. The zero-order chi connectivity index (χ0) is 21.6. The molecule has 2 aliphatic rings.